The van der Waals surface area contributed by atoms with Crippen LogP contribution in [0.3, 0.4) is 0 Å². The van der Waals surface area contributed by atoms with Gasteiger partial charge in [-0.05, 0) is 54.7 Å². The molecular formula is C25H29FN6O2. The van der Waals surface area contributed by atoms with E-state index in [0.29, 0.717) is 6.54 Å². The number of nitrogens with zero attached hydrogens (tertiary/aromatic N) is 2. The van der Waals surface area contributed by atoms with Crippen LogP contribution in [0.15, 0.2) is 78.4 Å². The van der Waals surface area contributed by atoms with Crippen molar-refractivity contribution in [3.63, 3.8) is 0 Å². The van der Waals surface area contributed by atoms with Gasteiger partial charge >= 0.3 is 0 Å². The number of aromatic nitrogens is 1. The number of nitrogens with two attached hydrogens (primary N) is 2. The van der Waals surface area contributed by atoms with Crippen LogP contribution in [0.5, 0.6) is 5.75 Å². The van der Waals surface area contributed by atoms with Gasteiger partial charge in [0.25, 0.3) is 0 Å². The highest BCUT2D eigenvalue weighted by molar-refractivity contribution is 5.84. The first kappa shape index (κ1) is 23.6. The van der Waals surface area contributed by atoms with E-state index in [1.54, 1.807) is 30.7 Å². The third-order valence-electron chi connectivity index (χ3n) is 6.03. The van der Waals surface area contributed by atoms with Crippen LogP contribution in [0.4, 0.5) is 4.39 Å². The summed E-state index contributed by atoms with van der Waals surface area (Å²) in [4.78, 5) is 17.3. The third kappa shape index (κ3) is 5.17. The number of aromatic hydroxyl groups is 1. The Balaban J connectivity index is 1.52. The normalized spacial score (nSPS) is 19.4. The highest BCUT2D eigenvalue weighted by atomic mass is 19.1. The number of hydrogen-bond acceptors (Lipinski definition) is 7. The average molecular weight is 465 g/mol. The summed E-state index contributed by atoms with van der Waals surface area (Å²) in [5.74, 6) is -1.23. The van der Waals surface area contributed by atoms with Gasteiger partial charge in [0.05, 0.1) is 11.6 Å². The molecule has 1 aromatic heterocycles. The van der Waals surface area contributed by atoms with Crippen LogP contribution in [-0.2, 0) is 4.79 Å². The van der Waals surface area contributed by atoms with Crippen molar-refractivity contribution in [2.24, 2.45) is 11.5 Å². The van der Waals surface area contributed by atoms with E-state index in [0.717, 1.165) is 29.7 Å². The van der Waals surface area contributed by atoms with E-state index in [-0.39, 0.29) is 23.6 Å². The summed E-state index contributed by atoms with van der Waals surface area (Å²) < 4.78 is 14.7. The molecule has 1 aliphatic heterocycles. The quantitative estimate of drug-likeness (QED) is 0.406. The van der Waals surface area contributed by atoms with Gasteiger partial charge in [-0.25, -0.2) is 9.82 Å². The Morgan fingerprint density at radius 2 is 2.21 bits per heavy atom. The predicted molar refractivity (Wildman–Crippen MR) is 127 cm³/mol. The maximum absolute atomic E-state index is 14.7. The molecule has 0 spiro atoms. The van der Waals surface area contributed by atoms with Crippen molar-refractivity contribution in [1.82, 2.24) is 20.7 Å². The van der Waals surface area contributed by atoms with Crippen molar-refractivity contribution in [2.45, 2.75) is 37.4 Å². The fraction of sp³-hybridized carbons (Fsp3) is 0.280. The van der Waals surface area contributed by atoms with E-state index >= 15 is 0 Å². The van der Waals surface area contributed by atoms with Crippen LogP contribution in [0.25, 0.3) is 0 Å². The second-order valence-corrected chi connectivity index (χ2v) is 8.30. The molecule has 34 heavy (non-hydrogen) atoms. The van der Waals surface area contributed by atoms with Crippen molar-refractivity contribution in [2.75, 3.05) is 6.54 Å². The summed E-state index contributed by atoms with van der Waals surface area (Å²) in [6, 6.07) is 5.56. The van der Waals surface area contributed by atoms with Gasteiger partial charge in [0.1, 0.15) is 17.6 Å². The number of phenols is 1. The predicted octanol–water partition coefficient (Wildman–Crippen LogP) is 2.44. The summed E-state index contributed by atoms with van der Waals surface area (Å²) in [5, 5.41) is 15.1. The molecule has 9 heteroatoms. The third-order valence-corrected chi connectivity index (χ3v) is 6.03. The molecule has 3 unspecified atom stereocenters. The summed E-state index contributed by atoms with van der Waals surface area (Å²) in [6.07, 6.45) is 12.7. The van der Waals surface area contributed by atoms with Gasteiger partial charge in [-0.3, -0.25) is 14.8 Å². The molecule has 1 aromatic carbocycles. The summed E-state index contributed by atoms with van der Waals surface area (Å²) in [7, 11) is 0. The Hall–Kier alpha value is -3.53. The lowest BCUT2D eigenvalue weighted by molar-refractivity contribution is -0.123. The number of carbonyl (C=O) groups excluding carboxylic acids is 1. The number of hydrogen-bond donors (Lipinski definition) is 5. The Morgan fingerprint density at radius 1 is 1.35 bits per heavy atom. The van der Waals surface area contributed by atoms with E-state index in [9.17, 15) is 14.3 Å². The van der Waals surface area contributed by atoms with E-state index in [1.807, 2.05) is 17.2 Å². The van der Waals surface area contributed by atoms with Crippen LogP contribution in [0, 0.1) is 5.82 Å². The number of benzene rings is 1. The SMILES string of the molecule is NCC1=C(N2C=CC(C(=O)NC(CC(N)c3cccnc3)c3c(O)cccc3F)N2)CCC=C1. The number of hydrazine groups is 1. The zero-order valence-corrected chi connectivity index (χ0v) is 18.7. The van der Waals surface area contributed by atoms with Crippen LogP contribution in [-0.4, -0.2) is 33.6 Å². The lowest BCUT2D eigenvalue weighted by Crippen LogP contribution is -2.46. The fourth-order valence-corrected chi connectivity index (χ4v) is 4.25. The van der Waals surface area contributed by atoms with Gasteiger partial charge in [-0.2, -0.15) is 0 Å². The number of rotatable bonds is 8. The van der Waals surface area contributed by atoms with Crippen LogP contribution in [0.1, 0.15) is 42.5 Å². The second-order valence-electron chi connectivity index (χ2n) is 8.30. The second kappa shape index (κ2) is 10.6. The lowest BCUT2D eigenvalue weighted by atomic mass is 9.94. The molecular weight excluding hydrogens is 435 g/mol. The standard InChI is InChI=1S/C25H29FN6O2/c26-18-7-3-9-23(33)24(18)21(13-19(28)17-6-4-11-29-15-17)30-25(34)20-10-12-32(31-20)22-8-2-1-5-16(22)14-27/h1,3-7,9-12,15,19-21,31,33H,2,8,13-14,27-28H2,(H,30,34). The molecule has 0 radical (unpaired) electrons. The van der Waals surface area contributed by atoms with Gasteiger partial charge in [0.2, 0.25) is 5.91 Å². The Labute approximate surface area is 197 Å². The molecule has 7 N–H and O–H groups in total. The van der Waals surface area contributed by atoms with Crippen molar-refractivity contribution < 1.29 is 14.3 Å². The largest absolute Gasteiger partial charge is 0.507 e. The molecule has 2 aromatic rings. The molecule has 0 fully saturated rings. The van der Waals surface area contributed by atoms with Crippen LogP contribution < -0.4 is 22.2 Å². The molecule has 8 nitrogen and oxygen atoms in total. The monoisotopic (exact) mass is 464 g/mol. The maximum Gasteiger partial charge on any atom is 0.243 e. The van der Waals surface area contributed by atoms with Gasteiger partial charge in [0, 0.05) is 36.9 Å². The average Bonchev–Trinajstić information content (AvgIpc) is 3.34. The van der Waals surface area contributed by atoms with Crippen molar-refractivity contribution in [1.29, 1.82) is 0 Å². The van der Waals surface area contributed by atoms with Crippen molar-refractivity contribution in [3.8, 4) is 5.75 Å². The Morgan fingerprint density at radius 3 is 2.94 bits per heavy atom. The molecule has 1 amide bonds. The van der Waals surface area contributed by atoms with Gasteiger partial charge in [0.15, 0.2) is 0 Å². The molecule has 4 rings (SSSR count). The zero-order chi connectivity index (χ0) is 24.1. The van der Waals surface area contributed by atoms with E-state index in [4.69, 9.17) is 11.5 Å². The first-order valence-electron chi connectivity index (χ1n) is 11.2. The topological polar surface area (TPSA) is 130 Å². The number of halogens is 1. The highest BCUT2D eigenvalue weighted by Crippen LogP contribution is 2.33. The minimum absolute atomic E-state index is 0.000401. The molecule has 178 valence electrons. The number of allylic oxidation sites excluding steroid dienone is 2. The van der Waals surface area contributed by atoms with Gasteiger partial charge < -0.3 is 21.9 Å². The Bertz CT molecular complexity index is 1100. The van der Waals surface area contributed by atoms with Crippen molar-refractivity contribution in [3.05, 3.63) is 95.4 Å². The van der Waals surface area contributed by atoms with Gasteiger partial charge in [-0.1, -0.05) is 24.3 Å². The van der Waals surface area contributed by atoms with E-state index in [2.05, 4.69) is 21.8 Å². The Kier molecular flexibility index (Phi) is 7.36. The minimum atomic E-state index is -0.857. The highest BCUT2D eigenvalue weighted by Gasteiger charge is 2.30. The number of pyridine rings is 1. The number of carbonyl (C=O) groups is 1. The number of phenolic OH excluding ortho intramolecular Hbond substituents is 1. The first-order chi connectivity index (χ1) is 16.5. The van der Waals surface area contributed by atoms with Crippen molar-refractivity contribution >= 4 is 5.91 Å². The molecule has 3 atom stereocenters. The first-order valence-corrected chi connectivity index (χ1v) is 11.2. The van der Waals surface area contributed by atoms with Crippen LogP contribution >= 0.6 is 0 Å². The molecule has 2 heterocycles. The van der Waals surface area contributed by atoms with Gasteiger partial charge in [-0.15, -0.1) is 0 Å². The zero-order valence-electron chi connectivity index (χ0n) is 18.7. The van der Waals surface area contributed by atoms with E-state index < -0.39 is 23.9 Å². The van der Waals surface area contributed by atoms with E-state index in [1.165, 1.54) is 18.2 Å². The summed E-state index contributed by atoms with van der Waals surface area (Å²) >= 11 is 0. The smallest absolute Gasteiger partial charge is 0.243 e. The number of amides is 1. The summed E-state index contributed by atoms with van der Waals surface area (Å²) in [5.41, 5.74) is 18.1. The van der Waals surface area contributed by atoms with Crippen LogP contribution in [0.2, 0.25) is 0 Å². The summed E-state index contributed by atoms with van der Waals surface area (Å²) in [6.45, 7) is 0.398. The minimum Gasteiger partial charge on any atom is -0.507 e. The molecule has 2 aliphatic rings. The molecule has 0 saturated carbocycles. The molecule has 0 bridgehead atoms. The maximum atomic E-state index is 14.7. The number of nitrogens with one attached hydrogen (secondary N) is 2. The molecule has 0 saturated heterocycles. The fourth-order valence-electron chi connectivity index (χ4n) is 4.25. The lowest BCUT2D eigenvalue weighted by Gasteiger charge is -2.28. The molecule has 1 aliphatic carbocycles.